The van der Waals surface area contributed by atoms with Gasteiger partial charge in [0, 0.05) is 6.92 Å². The number of Topliss-reactive ketones (excluding diaryl/α,β-unsaturated/α-hetero) is 1. The van der Waals surface area contributed by atoms with Gasteiger partial charge in [-0.25, -0.2) is 9.59 Å². The van der Waals surface area contributed by atoms with Crippen LogP contribution in [0.1, 0.15) is 132 Å². The van der Waals surface area contributed by atoms with E-state index in [1.165, 1.54) is 56.6 Å². The number of alkyl carbamates (subject to hydrolysis) is 1. The Kier molecular flexibility index (Phi) is 11.0. The molecule has 3 saturated carbocycles. The lowest BCUT2D eigenvalue weighted by Crippen LogP contribution is -2.42. The summed E-state index contributed by atoms with van der Waals surface area (Å²) in [6, 6.07) is 6.03. The van der Waals surface area contributed by atoms with Crippen LogP contribution in [0.15, 0.2) is 30.0 Å². The van der Waals surface area contributed by atoms with E-state index >= 15 is 0 Å². The second-order valence-electron chi connectivity index (χ2n) is 14.7. The average molecular weight is 596 g/mol. The third-order valence-electron chi connectivity index (χ3n) is 10.2. The predicted molar refractivity (Wildman–Crippen MR) is 173 cm³/mol. The van der Waals surface area contributed by atoms with Crippen LogP contribution in [0.3, 0.4) is 0 Å². The zero-order valence-electron chi connectivity index (χ0n) is 28.7. The maximum absolute atomic E-state index is 12.6. The molecule has 0 bridgehead atoms. The molecule has 4 aliphatic carbocycles. The quantitative estimate of drug-likeness (QED) is 0.213. The molecule has 0 heterocycles. The summed E-state index contributed by atoms with van der Waals surface area (Å²) in [5, 5.41) is 2.36. The van der Waals surface area contributed by atoms with Gasteiger partial charge < -0.3 is 9.47 Å². The summed E-state index contributed by atoms with van der Waals surface area (Å²) in [6.45, 7) is 22.0. The van der Waals surface area contributed by atoms with Crippen molar-refractivity contribution < 1.29 is 23.9 Å². The number of ketones is 1. The smallest absolute Gasteiger partial charge is 0.412 e. The molecule has 6 heteroatoms. The highest BCUT2D eigenvalue weighted by Crippen LogP contribution is 2.70. The average Bonchev–Trinajstić information content (AvgIpc) is 3.38. The number of rotatable bonds is 4. The van der Waals surface area contributed by atoms with Crippen LogP contribution in [0.5, 0.6) is 5.75 Å². The van der Waals surface area contributed by atoms with Crippen LogP contribution in [-0.2, 0) is 20.7 Å². The normalized spacial score (nSPS) is 30.0. The lowest BCUT2D eigenvalue weighted by Gasteiger charge is -2.51. The number of aryl methyl sites for hydroxylation is 1. The number of fused-ring (bicyclic) bond motifs is 7. The first kappa shape index (κ1) is 34.9. The van der Waals surface area contributed by atoms with Crippen LogP contribution in [0.2, 0.25) is 0 Å². The third kappa shape index (κ3) is 7.72. The van der Waals surface area contributed by atoms with Gasteiger partial charge in [0.05, 0.1) is 11.8 Å². The minimum absolute atomic E-state index is 0.162. The Morgan fingerprint density at radius 1 is 0.977 bits per heavy atom. The molecule has 1 aromatic carbocycles. The van der Waals surface area contributed by atoms with Crippen molar-refractivity contribution >= 4 is 17.8 Å². The topological polar surface area (TPSA) is 81.7 Å². The summed E-state index contributed by atoms with van der Waals surface area (Å²) < 4.78 is 10.8. The van der Waals surface area contributed by atoms with Crippen LogP contribution < -0.4 is 10.1 Å². The molecule has 6 atom stereocenters. The summed E-state index contributed by atoms with van der Waals surface area (Å²) in [4.78, 5) is 36.7. The molecule has 1 N–H and O–H groups in total. The molecule has 43 heavy (non-hydrogen) atoms. The van der Waals surface area contributed by atoms with Gasteiger partial charge in [-0.1, -0.05) is 54.5 Å². The van der Waals surface area contributed by atoms with E-state index in [1.54, 1.807) is 20.8 Å². The van der Waals surface area contributed by atoms with Crippen molar-refractivity contribution in [2.45, 2.75) is 133 Å². The third-order valence-corrected chi connectivity index (χ3v) is 10.2. The number of amides is 1. The fourth-order valence-electron chi connectivity index (χ4n) is 8.82. The SMILES string of the molecule is CC.CC.CC(=O)/C(=C/C(=O)Oc1ccc2c(c1)CC[C@@H]1[C@@H]2CC[C@]2(C)[C@H]3CC(C)(C)C[C@@H]3C[C@@H]12)NC(=O)OC(C)(C)C. The number of esters is 1. The molecule has 3 fully saturated rings. The molecule has 0 aromatic heterocycles. The van der Waals surface area contributed by atoms with Gasteiger partial charge in [0.1, 0.15) is 11.4 Å². The van der Waals surface area contributed by atoms with Crippen molar-refractivity contribution in [3.63, 3.8) is 0 Å². The maximum Gasteiger partial charge on any atom is 0.412 e. The standard InChI is InChI=1S/C33H45NO5.2C2H6/c1-19(35)28(34-30(37)39-31(2,3)4)16-29(36)38-22-9-11-23-20(14-22)8-10-25-24(23)12-13-33(7)26(25)15-21-17-32(5,6)18-27(21)33;2*1-2/h9,11,14,16,21,24-27H,8,10,12-13,15,17-18H2,1-7H3,(H,34,37);2*1-2H3/b28-16-;;/t21-,24+,25+,26-,27-,33-;;/m0../s1. The Bertz CT molecular complexity index is 1210. The van der Waals surface area contributed by atoms with Crippen LogP contribution in [-0.4, -0.2) is 23.4 Å². The number of ether oxygens (including phenoxy) is 2. The lowest BCUT2D eigenvalue weighted by atomic mass is 9.53. The zero-order chi connectivity index (χ0) is 32.3. The largest absolute Gasteiger partial charge is 0.444 e. The summed E-state index contributed by atoms with van der Waals surface area (Å²) in [6.07, 6.45) is 9.17. The van der Waals surface area contributed by atoms with Crippen molar-refractivity contribution in [3.8, 4) is 5.75 Å². The summed E-state index contributed by atoms with van der Waals surface area (Å²) in [5.41, 5.74) is 2.80. The van der Waals surface area contributed by atoms with E-state index in [-0.39, 0.29) is 5.70 Å². The van der Waals surface area contributed by atoms with Crippen LogP contribution in [0, 0.1) is 34.5 Å². The van der Waals surface area contributed by atoms with Gasteiger partial charge in [0.25, 0.3) is 0 Å². The fourth-order valence-corrected chi connectivity index (χ4v) is 8.82. The van der Waals surface area contributed by atoms with Gasteiger partial charge in [0.15, 0.2) is 5.78 Å². The molecule has 5 rings (SSSR count). The minimum atomic E-state index is -0.793. The predicted octanol–water partition coefficient (Wildman–Crippen LogP) is 9.16. The summed E-state index contributed by atoms with van der Waals surface area (Å²) in [7, 11) is 0. The van der Waals surface area contributed by atoms with Gasteiger partial charge in [-0.15, -0.1) is 0 Å². The fraction of sp³-hybridized carbons (Fsp3) is 0.703. The number of allylic oxidation sites excluding steroid dienone is 1. The summed E-state index contributed by atoms with van der Waals surface area (Å²) in [5.74, 6) is 3.24. The second-order valence-corrected chi connectivity index (χ2v) is 14.7. The zero-order valence-corrected chi connectivity index (χ0v) is 28.7. The number of benzene rings is 1. The van der Waals surface area contributed by atoms with Crippen molar-refractivity contribution in [2.24, 2.45) is 34.5 Å². The summed E-state index contributed by atoms with van der Waals surface area (Å²) >= 11 is 0. The number of nitrogens with one attached hydrogen (secondary N) is 1. The Labute approximate surface area is 260 Å². The molecule has 240 valence electrons. The maximum atomic E-state index is 12.6. The highest BCUT2D eigenvalue weighted by Gasteiger charge is 2.61. The highest BCUT2D eigenvalue weighted by atomic mass is 16.6. The van der Waals surface area contributed by atoms with Crippen LogP contribution >= 0.6 is 0 Å². The van der Waals surface area contributed by atoms with Crippen LogP contribution in [0.4, 0.5) is 4.79 Å². The second kappa shape index (κ2) is 13.6. The Hall–Kier alpha value is -2.63. The first-order valence-electron chi connectivity index (χ1n) is 16.7. The highest BCUT2D eigenvalue weighted by molar-refractivity contribution is 6.01. The Morgan fingerprint density at radius 3 is 2.28 bits per heavy atom. The van der Waals surface area contributed by atoms with Gasteiger partial charge >= 0.3 is 12.1 Å². The molecular weight excluding hydrogens is 538 g/mol. The minimum Gasteiger partial charge on any atom is -0.444 e. The number of carbonyl (C=O) groups excluding carboxylic acids is 3. The molecular formula is C37H57NO5. The molecule has 0 saturated heterocycles. The monoisotopic (exact) mass is 595 g/mol. The Balaban J connectivity index is 0.00000121. The van der Waals surface area contributed by atoms with E-state index in [4.69, 9.17) is 9.47 Å². The van der Waals surface area contributed by atoms with Crippen molar-refractivity contribution in [1.82, 2.24) is 5.32 Å². The molecule has 0 unspecified atom stereocenters. The number of hydrogen-bond donors (Lipinski definition) is 1. The van der Waals surface area contributed by atoms with Gasteiger partial charge in [-0.3, -0.25) is 10.1 Å². The van der Waals surface area contributed by atoms with E-state index in [0.29, 0.717) is 22.5 Å². The first-order chi connectivity index (χ1) is 20.1. The molecule has 1 aromatic rings. The van der Waals surface area contributed by atoms with Crippen LogP contribution in [0.25, 0.3) is 0 Å². The number of carbonyl (C=O) groups is 3. The molecule has 0 spiro atoms. The first-order valence-corrected chi connectivity index (χ1v) is 16.7. The number of hydrogen-bond acceptors (Lipinski definition) is 5. The van der Waals surface area contributed by atoms with Crippen molar-refractivity contribution in [1.29, 1.82) is 0 Å². The van der Waals surface area contributed by atoms with Gasteiger partial charge in [-0.05, 0) is 129 Å². The Morgan fingerprint density at radius 2 is 1.65 bits per heavy atom. The van der Waals surface area contributed by atoms with Crippen molar-refractivity contribution in [3.05, 3.63) is 41.1 Å². The molecule has 6 nitrogen and oxygen atoms in total. The molecule has 1 amide bonds. The molecule has 4 aliphatic rings. The lowest BCUT2D eigenvalue weighted by molar-refractivity contribution is -0.129. The van der Waals surface area contributed by atoms with E-state index in [9.17, 15) is 14.4 Å². The molecule has 0 radical (unpaired) electrons. The van der Waals surface area contributed by atoms with E-state index in [1.807, 2.05) is 39.8 Å². The van der Waals surface area contributed by atoms with Gasteiger partial charge in [-0.2, -0.15) is 0 Å². The van der Waals surface area contributed by atoms with E-state index in [2.05, 4.69) is 32.2 Å². The molecule has 0 aliphatic heterocycles. The van der Waals surface area contributed by atoms with E-state index < -0.39 is 23.4 Å². The van der Waals surface area contributed by atoms with Gasteiger partial charge in [0.2, 0.25) is 0 Å². The van der Waals surface area contributed by atoms with E-state index in [0.717, 1.165) is 36.2 Å². The van der Waals surface area contributed by atoms with Crippen molar-refractivity contribution in [2.75, 3.05) is 0 Å².